The average Bonchev–Trinajstić information content (AvgIpc) is 2.36. The zero-order valence-corrected chi connectivity index (χ0v) is 12.4. The zero-order chi connectivity index (χ0) is 13.8. The van der Waals surface area contributed by atoms with Crippen LogP contribution in [0.3, 0.4) is 0 Å². The van der Waals surface area contributed by atoms with Gasteiger partial charge in [-0.05, 0) is 44.7 Å². The van der Waals surface area contributed by atoms with Crippen molar-refractivity contribution in [2.24, 2.45) is 11.7 Å². The lowest BCUT2D eigenvalue weighted by Gasteiger charge is -2.35. The molecule has 0 radical (unpaired) electrons. The molecule has 1 saturated carbocycles. The van der Waals surface area contributed by atoms with Crippen LogP contribution < -0.4 is 15.4 Å². The SMILES string of the molecule is CCN(CC1CCC1)c1cccc(OC)c1[C@@H](C)N. The highest BCUT2D eigenvalue weighted by molar-refractivity contribution is 5.60. The molecule has 0 amide bonds. The zero-order valence-electron chi connectivity index (χ0n) is 12.4. The number of methoxy groups -OCH3 is 1. The summed E-state index contributed by atoms with van der Waals surface area (Å²) in [7, 11) is 1.72. The van der Waals surface area contributed by atoms with E-state index < -0.39 is 0 Å². The summed E-state index contributed by atoms with van der Waals surface area (Å²) in [5, 5.41) is 0. The number of anilines is 1. The molecule has 0 aliphatic heterocycles. The highest BCUT2D eigenvalue weighted by Gasteiger charge is 2.23. The number of ether oxygens (including phenoxy) is 1. The molecule has 0 heterocycles. The van der Waals surface area contributed by atoms with Crippen molar-refractivity contribution >= 4 is 5.69 Å². The van der Waals surface area contributed by atoms with Gasteiger partial charge in [0.1, 0.15) is 5.75 Å². The number of rotatable bonds is 6. The minimum atomic E-state index is -0.0124. The van der Waals surface area contributed by atoms with E-state index in [1.807, 2.05) is 13.0 Å². The summed E-state index contributed by atoms with van der Waals surface area (Å²) in [5.41, 5.74) is 8.52. The van der Waals surface area contributed by atoms with Crippen LogP contribution in [-0.4, -0.2) is 20.2 Å². The van der Waals surface area contributed by atoms with E-state index in [4.69, 9.17) is 10.5 Å². The molecule has 0 bridgehead atoms. The predicted octanol–water partition coefficient (Wildman–Crippen LogP) is 3.34. The molecule has 1 aliphatic carbocycles. The first-order valence-electron chi connectivity index (χ1n) is 7.34. The van der Waals surface area contributed by atoms with Gasteiger partial charge in [0, 0.05) is 30.4 Å². The van der Waals surface area contributed by atoms with Gasteiger partial charge in [-0.3, -0.25) is 0 Å². The molecule has 106 valence electrons. The summed E-state index contributed by atoms with van der Waals surface area (Å²) >= 11 is 0. The van der Waals surface area contributed by atoms with Crippen LogP contribution in [0.2, 0.25) is 0 Å². The molecule has 1 aromatic carbocycles. The van der Waals surface area contributed by atoms with Crippen molar-refractivity contribution in [3.05, 3.63) is 23.8 Å². The average molecular weight is 262 g/mol. The second-order valence-electron chi connectivity index (χ2n) is 5.52. The molecule has 0 aromatic heterocycles. The monoisotopic (exact) mass is 262 g/mol. The quantitative estimate of drug-likeness (QED) is 0.854. The van der Waals surface area contributed by atoms with Crippen LogP contribution in [-0.2, 0) is 0 Å². The Bertz CT molecular complexity index is 413. The Hall–Kier alpha value is -1.22. The van der Waals surface area contributed by atoms with Gasteiger partial charge in [0.15, 0.2) is 0 Å². The van der Waals surface area contributed by atoms with E-state index in [9.17, 15) is 0 Å². The van der Waals surface area contributed by atoms with E-state index in [2.05, 4.69) is 24.0 Å². The second-order valence-corrected chi connectivity index (χ2v) is 5.52. The lowest BCUT2D eigenvalue weighted by atomic mass is 9.85. The predicted molar refractivity (Wildman–Crippen MR) is 80.8 cm³/mol. The van der Waals surface area contributed by atoms with E-state index >= 15 is 0 Å². The van der Waals surface area contributed by atoms with Gasteiger partial charge in [-0.25, -0.2) is 0 Å². The molecule has 2 N–H and O–H groups in total. The molecule has 19 heavy (non-hydrogen) atoms. The van der Waals surface area contributed by atoms with Crippen LogP contribution in [0.15, 0.2) is 18.2 Å². The Morgan fingerprint density at radius 1 is 1.42 bits per heavy atom. The number of benzene rings is 1. The standard InChI is InChI=1S/C16H26N2O/c1-4-18(11-13-7-5-8-13)14-9-6-10-15(19-3)16(14)12(2)17/h6,9-10,12-13H,4-5,7-8,11,17H2,1-3H3/t12-/m1/s1. The third-order valence-corrected chi connectivity index (χ3v) is 4.14. The van der Waals surface area contributed by atoms with Crippen molar-refractivity contribution in [3.8, 4) is 5.75 Å². The Labute approximate surface area is 116 Å². The Morgan fingerprint density at radius 2 is 2.16 bits per heavy atom. The molecule has 3 nitrogen and oxygen atoms in total. The summed E-state index contributed by atoms with van der Waals surface area (Å²) in [4.78, 5) is 2.45. The van der Waals surface area contributed by atoms with Crippen LogP contribution in [0.1, 0.15) is 44.7 Å². The normalized spacial score (nSPS) is 16.8. The first-order valence-corrected chi connectivity index (χ1v) is 7.34. The molecule has 1 atom stereocenters. The van der Waals surface area contributed by atoms with Gasteiger partial charge in [0.25, 0.3) is 0 Å². The van der Waals surface area contributed by atoms with Crippen molar-refractivity contribution in [1.82, 2.24) is 0 Å². The maximum Gasteiger partial charge on any atom is 0.125 e. The van der Waals surface area contributed by atoms with E-state index in [0.717, 1.165) is 30.3 Å². The van der Waals surface area contributed by atoms with Crippen molar-refractivity contribution in [2.75, 3.05) is 25.1 Å². The fourth-order valence-corrected chi connectivity index (χ4v) is 2.83. The number of hydrogen-bond donors (Lipinski definition) is 1. The van der Waals surface area contributed by atoms with Crippen LogP contribution in [0.25, 0.3) is 0 Å². The largest absolute Gasteiger partial charge is 0.496 e. The van der Waals surface area contributed by atoms with Gasteiger partial charge in [-0.1, -0.05) is 12.5 Å². The van der Waals surface area contributed by atoms with Gasteiger partial charge in [-0.15, -0.1) is 0 Å². The van der Waals surface area contributed by atoms with Crippen LogP contribution in [0.5, 0.6) is 5.75 Å². The molecule has 0 saturated heterocycles. The van der Waals surface area contributed by atoms with Crippen molar-refractivity contribution in [2.45, 2.75) is 39.2 Å². The van der Waals surface area contributed by atoms with E-state index in [0.29, 0.717) is 0 Å². The molecule has 0 unspecified atom stereocenters. The summed E-state index contributed by atoms with van der Waals surface area (Å²) in [6.45, 7) is 6.40. The highest BCUT2D eigenvalue weighted by Crippen LogP contribution is 2.35. The minimum Gasteiger partial charge on any atom is -0.496 e. The number of nitrogens with two attached hydrogens (primary N) is 1. The third kappa shape index (κ3) is 3.03. The smallest absolute Gasteiger partial charge is 0.125 e. The van der Waals surface area contributed by atoms with Gasteiger partial charge < -0.3 is 15.4 Å². The van der Waals surface area contributed by atoms with Gasteiger partial charge >= 0.3 is 0 Å². The summed E-state index contributed by atoms with van der Waals surface area (Å²) in [6.07, 6.45) is 4.13. The number of hydrogen-bond acceptors (Lipinski definition) is 3. The van der Waals surface area contributed by atoms with Crippen molar-refractivity contribution in [1.29, 1.82) is 0 Å². The fraction of sp³-hybridized carbons (Fsp3) is 0.625. The molecular formula is C16H26N2O. The second kappa shape index (κ2) is 6.29. The van der Waals surface area contributed by atoms with Gasteiger partial charge in [-0.2, -0.15) is 0 Å². The summed E-state index contributed by atoms with van der Waals surface area (Å²) < 4.78 is 5.48. The first-order chi connectivity index (χ1) is 9.17. The maximum absolute atomic E-state index is 6.15. The van der Waals surface area contributed by atoms with Crippen LogP contribution in [0, 0.1) is 5.92 Å². The van der Waals surface area contributed by atoms with Gasteiger partial charge in [0.05, 0.1) is 7.11 Å². The molecular weight excluding hydrogens is 236 g/mol. The third-order valence-electron chi connectivity index (χ3n) is 4.14. The van der Waals surface area contributed by atoms with Crippen molar-refractivity contribution < 1.29 is 4.74 Å². The topological polar surface area (TPSA) is 38.5 Å². The highest BCUT2D eigenvalue weighted by atomic mass is 16.5. The lowest BCUT2D eigenvalue weighted by molar-refractivity contribution is 0.318. The Kier molecular flexibility index (Phi) is 4.70. The Balaban J connectivity index is 2.29. The lowest BCUT2D eigenvalue weighted by Crippen LogP contribution is -2.33. The van der Waals surface area contributed by atoms with E-state index in [1.165, 1.54) is 24.9 Å². The molecule has 3 heteroatoms. The van der Waals surface area contributed by atoms with Gasteiger partial charge in [0.2, 0.25) is 0 Å². The number of nitrogens with zero attached hydrogens (tertiary/aromatic N) is 1. The Morgan fingerprint density at radius 3 is 2.63 bits per heavy atom. The molecule has 1 aromatic rings. The molecule has 2 rings (SSSR count). The van der Waals surface area contributed by atoms with Crippen LogP contribution in [0.4, 0.5) is 5.69 Å². The van der Waals surface area contributed by atoms with Crippen molar-refractivity contribution in [3.63, 3.8) is 0 Å². The minimum absolute atomic E-state index is 0.0124. The first kappa shape index (κ1) is 14.2. The molecule has 1 fully saturated rings. The van der Waals surface area contributed by atoms with E-state index in [1.54, 1.807) is 7.11 Å². The summed E-state index contributed by atoms with van der Waals surface area (Å²) in [5.74, 6) is 1.76. The molecule has 0 spiro atoms. The fourth-order valence-electron chi connectivity index (χ4n) is 2.83. The van der Waals surface area contributed by atoms with Crippen LogP contribution >= 0.6 is 0 Å². The maximum atomic E-state index is 6.15. The van der Waals surface area contributed by atoms with E-state index in [-0.39, 0.29) is 6.04 Å². The summed E-state index contributed by atoms with van der Waals surface area (Å²) in [6, 6.07) is 6.22. The molecule has 1 aliphatic rings.